The Morgan fingerprint density at radius 2 is 0.967 bits per heavy atom. The summed E-state index contributed by atoms with van der Waals surface area (Å²) < 4.78 is 10.6. The number of carbonyl (C=O) groups excluding carboxylic acids is 1. The van der Waals surface area contributed by atoms with Gasteiger partial charge in [0.25, 0.3) is 0 Å². The van der Waals surface area contributed by atoms with Crippen LogP contribution < -0.4 is 0 Å². The van der Waals surface area contributed by atoms with Crippen molar-refractivity contribution in [1.82, 2.24) is 0 Å². The van der Waals surface area contributed by atoms with Gasteiger partial charge >= 0.3 is 5.97 Å². The minimum Gasteiger partial charge on any atom is -0.464 e. The molecule has 0 aliphatic carbocycles. The highest BCUT2D eigenvalue weighted by Crippen LogP contribution is 2.15. The van der Waals surface area contributed by atoms with Crippen LogP contribution in [-0.2, 0) is 14.1 Å². The van der Waals surface area contributed by atoms with Gasteiger partial charge in [-0.25, -0.2) is 4.79 Å². The van der Waals surface area contributed by atoms with Gasteiger partial charge in [0.2, 0.25) is 0 Å². The molecule has 0 aromatic rings. The maximum atomic E-state index is 12.0. The molecule has 180 valence electrons. The molecule has 0 spiro atoms. The van der Waals surface area contributed by atoms with Gasteiger partial charge in [-0.3, -0.25) is 0 Å². The topological polar surface area (TPSA) is 35.5 Å². The highest BCUT2D eigenvalue weighted by molar-refractivity contribution is 7.09. The molecular formula is C26H53O3P. The highest BCUT2D eigenvalue weighted by Gasteiger charge is 2.18. The minimum atomic E-state index is -0.409. The van der Waals surface area contributed by atoms with Crippen LogP contribution in [0, 0.1) is 0 Å². The zero-order valence-corrected chi connectivity index (χ0v) is 21.6. The fourth-order valence-corrected chi connectivity index (χ4v) is 4.16. The van der Waals surface area contributed by atoms with Crippen LogP contribution in [0.4, 0.5) is 0 Å². The number of hydrogen-bond acceptors (Lipinski definition) is 3. The lowest BCUT2D eigenvalue weighted by molar-refractivity contribution is -0.151. The zero-order chi connectivity index (χ0) is 22.1. The zero-order valence-electron chi connectivity index (χ0n) is 20.4. The van der Waals surface area contributed by atoms with Gasteiger partial charge < -0.3 is 9.26 Å². The largest absolute Gasteiger partial charge is 0.464 e. The maximum absolute atomic E-state index is 12.0. The first kappa shape index (κ1) is 29.9. The Bertz CT molecular complexity index is 349. The lowest BCUT2D eigenvalue weighted by Crippen LogP contribution is -2.24. The van der Waals surface area contributed by atoms with E-state index in [0.29, 0.717) is 6.61 Å². The Morgan fingerprint density at radius 3 is 1.37 bits per heavy atom. The minimum absolute atomic E-state index is 0.192. The molecular weight excluding hydrogens is 391 g/mol. The molecule has 0 amide bonds. The second-order valence-corrected chi connectivity index (χ2v) is 9.22. The third-order valence-electron chi connectivity index (χ3n) is 5.99. The molecule has 4 heteroatoms. The van der Waals surface area contributed by atoms with Crippen molar-refractivity contribution >= 4 is 15.4 Å². The third kappa shape index (κ3) is 21.1. The van der Waals surface area contributed by atoms with E-state index in [2.05, 4.69) is 23.3 Å². The van der Waals surface area contributed by atoms with Crippen molar-refractivity contribution in [2.24, 2.45) is 0 Å². The Balaban J connectivity index is 3.30. The molecule has 3 nitrogen and oxygen atoms in total. The summed E-state index contributed by atoms with van der Waals surface area (Å²) >= 11 is 0. The summed E-state index contributed by atoms with van der Waals surface area (Å²) in [6.07, 6.45) is 26.6. The average molecular weight is 445 g/mol. The SMILES string of the molecule is CCCCCCCCCCCCCCCCCCOC(=O)C(CCCCCC)OP. The third-order valence-corrected chi connectivity index (χ3v) is 6.32. The van der Waals surface area contributed by atoms with E-state index in [9.17, 15) is 4.79 Å². The van der Waals surface area contributed by atoms with E-state index in [0.717, 1.165) is 32.1 Å². The molecule has 2 unspecified atom stereocenters. The lowest BCUT2D eigenvalue weighted by atomic mass is 10.0. The van der Waals surface area contributed by atoms with Crippen LogP contribution in [0.2, 0.25) is 0 Å². The molecule has 0 fully saturated rings. The quantitative estimate of drug-likeness (QED) is 0.0846. The van der Waals surface area contributed by atoms with Gasteiger partial charge in [-0.2, -0.15) is 0 Å². The first-order chi connectivity index (χ1) is 14.8. The Hall–Kier alpha value is -0.140. The van der Waals surface area contributed by atoms with E-state index >= 15 is 0 Å². The van der Waals surface area contributed by atoms with Gasteiger partial charge in [-0.05, 0) is 12.8 Å². The lowest BCUT2D eigenvalue weighted by Gasteiger charge is -2.14. The van der Waals surface area contributed by atoms with E-state index in [-0.39, 0.29) is 5.97 Å². The monoisotopic (exact) mass is 444 g/mol. The van der Waals surface area contributed by atoms with Crippen molar-refractivity contribution in [3.63, 3.8) is 0 Å². The van der Waals surface area contributed by atoms with Gasteiger partial charge in [0, 0.05) is 9.47 Å². The van der Waals surface area contributed by atoms with Gasteiger partial charge in [0.05, 0.1) is 6.61 Å². The van der Waals surface area contributed by atoms with Crippen LogP contribution in [0.1, 0.15) is 149 Å². The molecule has 0 saturated heterocycles. The van der Waals surface area contributed by atoms with Crippen molar-refractivity contribution in [3.05, 3.63) is 0 Å². The summed E-state index contributed by atoms with van der Waals surface area (Å²) in [7, 11) is 2.22. The Labute approximate surface area is 191 Å². The first-order valence-electron chi connectivity index (χ1n) is 13.3. The second kappa shape index (κ2) is 25.1. The molecule has 0 saturated carbocycles. The molecule has 0 bridgehead atoms. The second-order valence-electron chi connectivity index (χ2n) is 8.94. The number of esters is 1. The van der Waals surface area contributed by atoms with E-state index < -0.39 is 6.10 Å². The molecule has 0 rings (SSSR count). The molecule has 0 radical (unpaired) electrons. The highest BCUT2D eigenvalue weighted by atomic mass is 31.0. The van der Waals surface area contributed by atoms with E-state index in [4.69, 9.17) is 9.26 Å². The molecule has 0 aliphatic heterocycles. The molecule has 2 atom stereocenters. The predicted molar refractivity (Wildman–Crippen MR) is 134 cm³/mol. The molecule has 0 aliphatic rings. The molecule has 0 N–H and O–H groups in total. The van der Waals surface area contributed by atoms with E-state index in [1.54, 1.807) is 0 Å². The van der Waals surface area contributed by atoms with Crippen LogP contribution in [0.5, 0.6) is 0 Å². The number of carbonyl (C=O) groups is 1. The Morgan fingerprint density at radius 1 is 0.600 bits per heavy atom. The van der Waals surface area contributed by atoms with Crippen molar-refractivity contribution < 1.29 is 14.1 Å². The van der Waals surface area contributed by atoms with Crippen molar-refractivity contribution in [3.8, 4) is 0 Å². The van der Waals surface area contributed by atoms with Gasteiger partial charge in [0.15, 0.2) is 6.10 Å². The normalized spacial score (nSPS) is 12.2. The van der Waals surface area contributed by atoms with Crippen LogP contribution >= 0.6 is 9.47 Å². The summed E-state index contributed by atoms with van der Waals surface area (Å²) in [4.78, 5) is 12.0. The van der Waals surface area contributed by atoms with E-state index in [1.807, 2.05) is 0 Å². The summed E-state index contributed by atoms with van der Waals surface area (Å²) in [5.41, 5.74) is 0. The number of ether oxygens (including phenoxy) is 1. The Kier molecular flexibility index (Phi) is 25.0. The average Bonchev–Trinajstić information content (AvgIpc) is 2.75. The molecule has 0 aromatic heterocycles. The molecule has 0 heterocycles. The fourth-order valence-electron chi connectivity index (χ4n) is 3.91. The van der Waals surface area contributed by atoms with Gasteiger partial charge in [-0.15, -0.1) is 0 Å². The smallest absolute Gasteiger partial charge is 0.335 e. The summed E-state index contributed by atoms with van der Waals surface area (Å²) in [5.74, 6) is -0.192. The first-order valence-corrected chi connectivity index (χ1v) is 13.8. The van der Waals surface area contributed by atoms with Crippen LogP contribution in [0.25, 0.3) is 0 Å². The van der Waals surface area contributed by atoms with Crippen LogP contribution in [0.15, 0.2) is 0 Å². The number of rotatable bonds is 24. The standard InChI is InChI=1S/C26H53O3P/c1-3-5-7-9-10-11-12-13-14-15-16-17-18-19-20-22-24-28-26(27)25(29-30)23-21-8-6-4-2/h25H,3-24,30H2,1-2H3. The van der Waals surface area contributed by atoms with E-state index in [1.165, 1.54) is 103 Å². The van der Waals surface area contributed by atoms with Crippen LogP contribution in [0.3, 0.4) is 0 Å². The van der Waals surface area contributed by atoms with Gasteiger partial charge in [-0.1, -0.05) is 136 Å². The summed E-state index contributed by atoms with van der Waals surface area (Å²) in [6.45, 7) is 5.01. The van der Waals surface area contributed by atoms with Crippen molar-refractivity contribution in [2.75, 3.05) is 6.61 Å². The summed E-state index contributed by atoms with van der Waals surface area (Å²) in [6, 6.07) is 0. The van der Waals surface area contributed by atoms with Crippen molar-refractivity contribution in [2.45, 2.75) is 155 Å². The van der Waals surface area contributed by atoms with Gasteiger partial charge in [0.1, 0.15) is 0 Å². The maximum Gasteiger partial charge on any atom is 0.335 e. The number of unbranched alkanes of at least 4 members (excludes halogenated alkanes) is 18. The summed E-state index contributed by atoms with van der Waals surface area (Å²) in [5, 5.41) is 0. The molecule has 30 heavy (non-hydrogen) atoms. The van der Waals surface area contributed by atoms with Crippen molar-refractivity contribution in [1.29, 1.82) is 0 Å². The number of hydrogen-bond donors (Lipinski definition) is 0. The van der Waals surface area contributed by atoms with Crippen LogP contribution in [-0.4, -0.2) is 18.7 Å². The molecule has 0 aromatic carbocycles. The predicted octanol–water partition coefficient (Wildman–Crippen LogP) is 8.94. The fraction of sp³-hybridized carbons (Fsp3) is 0.962.